The van der Waals surface area contributed by atoms with Crippen molar-refractivity contribution in [1.29, 1.82) is 0 Å². The fourth-order valence-corrected chi connectivity index (χ4v) is 2.11. The summed E-state index contributed by atoms with van der Waals surface area (Å²) in [6, 6.07) is 11.0. The standard InChI is InChI=1S/C11H11N3/c1-2-4-9(5-3-1)10-6-7-11-13-12-8-14(10)11/h1-5,8,10H,6-7H2. The molecule has 0 saturated heterocycles. The Hall–Kier alpha value is -1.64. The number of fused-ring (bicyclic) bond motifs is 1. The molecule has 1 unspecified atom stereocenters. The van der Waals surface area contributed by atoms with Crippen molar-refractivity contribution in [1.82, 2.24) is 14.8 Å². The molecule has 0 amide bonds. The highest BCUT2D eigenvalue weighted by Gasteiger charge is 2.23. The molecule has 0 spiro atoms. The highest BCUT2D eigenvalue weighted by molar-refractivity contribution is 5.22. The smallest absolute Gasteiger partial charge is 0.133 e. The first-order valence-corrected chi connectivity index (χ1v) is 4.88. The maximum Gasteiger partial charge on any atom is 0.133 e. The highest BCUT2D eigenvalue weighted by Crippen LogP contribution is 2.29. The number of benzene rings is 1. The van der Waals surface area contributed by atoms with Crippen LogP contribution in [0, 0.1) is 0 Å². The van der Waals surface area contributed by atoms with Crippen LogP contribution in [0.5, 0.6) is 0 Å². The monoisotopic (exact) mass is 185 g/mol. The van der Waals surface area contributed by atoms with Crippen LogP contribution >= 0.6 is 0 Å². The fourth-order valence-electron chi connectivity index (χ4n) is 2.11. The topological polar surface area (TPSA) is 30.7 Å². The van der Waals surface area contributed by atoms with Gasteiger partial charge in [-0.25, -0.2) is 0 Å². The van der Waals surface area contributed by atoms with E-state index >= 15 is 0 Å². The number of aromatic nitrogens is 3. The first-order chi connectivity index (χ1) is 6.95. The van der Waals surface area contributed by atoms with Gasteiger partial charge in [-0.2, -0.15) is 0 Å². The maximum absolute atomic E-state index is 4.09. The number of nitrogens with zero attached hydrogens (tertiary/aromatic N) is 3. The molecule has 3 heteroatoms. The minimum absolute atomic E-state index is 0.446. The van der Waals surface area contributed by atoms with Gasteiger partial charge in [0.05, 0.1) is 6.04 Å². The van der Waals surface area contributed by atoms with Crippen LogP contribution in [0.1, 0.15) is 23.9 Å². The highest BCUT2D eigenvalue weighted by atomic mass is 15.3. The normalized spacial score (nSPS) is 19.6. The number of rotatable bonds is 1. The van der Waals surface area contributed by atoms with Crippen LogP contribution in [-0.2, 0) is 6.42 Å². The van der Waals surface area contributed by atoms with E-state index in [1.54, 1.807) is 0 Å². The Morgan fingerprint density at radius 3 is 2.93 bits per heavy atom. The molecule has 0 bridgehead atoms. The molecule has 1 aromatic heterocycles. The molecule has 1 aromatic carbocycles. The number of aryl methyl sites for hydroxylation is 1. The molecule has 14 heavy (non-hydrogen) atoms. The first kappa shape index (κ1) is 7.74. The summed E-state index contributed by atoms with van der Waals surface area (Å²) in [5, 5.41) is 8.02. The molecule has 1 aliphatic rings. The van der Waals surface area contributed by atoms with Gasteiger partial charge in [-0.1, -0.05) is 30.3 Å². The third-order valence-electron chi connectivity index (χ3n) is 2.81. The van der Waals surface area contributed by atoms with E-state index < -0.39 is 0 Å². The van der Waals surface area contributed by atoms with Gasteiger partial charge in [0, 0.05) is 6.42 Å². The molecule has 1 atom stereocenters. The van der Waals surface area contributed by atoms with Gasteiger partial charge >= 0.3 is 0 Å². The van der Waals surface area contributed by atoms with Crippen LogP contribution in [-0.4, -0.2) is 14.8 Å². The third kappa shape index (κ3) is 1.05. The summed E-state index contributed by atoms with van der Waals surface area (Å²) in [6.07, 6.45) is 4.02. The van der Waals surface area contributed by atoms with Gasteiger partial charge in [0.15, 0.2) is 0 Å². The summed E-state index contributed by atoms with van der Waals surface area (Å²) in [5.41, 5.74) is 1.35. The average molecular weight is 185 g/mol. The van der Waals surface area contributed by atoms with Crippen molar-refractivity contribution in [2.45, 2.75) is 18.9 Å². The SMILES string of the molecule is c1ccc(C2CCc3nncn32)cc1. The van der Waals surface area contributed by atoms with Gasteiger partial charge in [0.25, 0.3) is 0 Å². The summed E-state index contributed by atoms with van der Waals surface area (Å²) in [7, 11) is 0. The Bertz CT molecular complexity index is 433. The van der Waals surface area contributed by atoms with E-state index in [0.29, 0.717) is 6.04 Å². The Labute approximate surface area is 82.4 Å². The Kier molecular flexibility index (Phi) is 1.63. The summed E-state index contributed by atoms with van der Waals surface area (Å²) in [4.78, 5) is 0. The Balaban J connectivity index is 2.03. The Morgan fingerprint density at radius 2 is 2.07 bits per heavy atom. The van der Waals surface area contributed by atoms with Crippen molar-refractivity contribution in [3.05, 3.63) is 48.0 Å². The van der Waals surface area contributed by atoms with Gasteiger partial charge in [-0.05, 0) is 12.0 Å². The van der Waals surface area contributed by atoms with Gasteiger partial charge in [-0.3, -0.25) is 0 Å². The van der Waals surface area contributed by atoms with E-state index in [9.17, 15) is 0 Å². The fraction of sp³-hybridized carbons (Fsp3) is 0.273. The zero-order valence-electron chi connectivity index (χ0n) is 7.80. The molecule has 2 heterocycles. The van der Waals surface area contributed by atoms with E-state index in [-0.39, 0.29) is 0 Å². The molecule has 0 radical (unpaired) electrons. The van der Waals surface area contributed by atoms with Gasteiger partial charge in [0.2, 0.25) is 0 Å². The van der Waals surface area contributed by atoms with Crippen LogP contribution < -0.4 is 0 Å². The zero-order chi connectivity index (χ0) is 9.38. The average Bonchev–Trinajstić information content (AvgIpc) is 2.79. The number of hydrogen-bond donors (Lipinski definition) is 0. The van der Waals surface area contributed by atoms with Crippen molar-refractivity contribution in [3.8, 4) is 0 Å². The zero-order valence-corrected chi connectivity index (χ0v) is 7.80. The van der Waals surface area contributed by atoms with Crippen molar-refractivity contribution < 1.29 is 0 Å². The predicted octanol–water partition coefficient (Wildman–Crippen LogP) is 1.81. The summed E-state index contributed by atoms with van der Waals surface area (Å²) < 4.78 is 2.18. The van der Waals surface area contributed by atoms with Gasteiger partial charge in [0.1, 0.15) is 12.2 Å². The van der Waals surface area contributed by atoms with E-state index in [1.807, 2.05) is 12.4 Å². The third-order valence-corrected chi connectivity index (χ3v) is 2.81. The van der Waals surface area contributed by atoms with E-state index in [4.69, 9.17) is 0 Å². The van der Waals surface area contributed by atoms with Gasteiger partial charge < -0.3 is 4.57 Å². The molecule has 0 fully saturated rings. The predicted molar refractivity (Wildman–Crippen MR) is 52.9 cm³/mol. The minimum atomic E-state index is 0.446. The van der Waals surface area contributed by atoms with Crippen molar-refractivity contribution in [2.75, 3.05) is 0 Å². The molecule has 3 rings (SSSR count). The second-order valence-electron chi connectivity index (χ2n) is 3.62. The second kappa shape index (κ2) is 2.94. The van der Waals surface area contributed by atoms with Crippen LogP contribution in [0.15, 0.2) is 36.7 Å². The molecule has 0 N–H and O–H groups in total. The molecule has 1 aliphatic heterocycles. The summed E-state index contributed by atoms with van der Waals surface area (Å²) in [5.74, 6) is 1.11. The summed E-state index contributed by atoms with van der Waals surface area (Å²) >= 11 is 0. The molecule has 3 nitrogen and oxygen atoms in total. The molecular formula is C11H11N3. The quantitative estimate of drug-likeness (QED) is 0.678. The Morgan fingerprint density at radius 1 is 1.21 bits per heavy atom. The number of hydrogen-bond acceptors (Lipinski definition) is 2. The maximum atomic E-state index is 4.09. The summed E-state index contributed by atoms with van der Waals surface area (Å²) in [6.45, 7) is 0. The molecule has 2 aromatic rings. The molecule has 0 saturated carbocycles. The lowest BCUT2D eigenvalue weighted by atomic mass is 10.1. The van der Waals surface area contributed by atoms with E-state index in [1.165, 1.54) is 5.56 Å². The van der Waals surface area contributed by atoms with Crippen LogP contribution in [0.4, 0.5) is 0 Å². The van der Waals surface area contributed by atoms with Crippen molar-refractivity contribution >= 4 is 0 Å². The minimum Gasteiger partial charge on any atom is -0.310 e. The van der Waals surface area contributed by atoms with E-state index in [0.717, 1.165) is 18.7 Å². The van der Waals surface area contributed by atoms with Crippen LogP contribution in [0.2, 0.25) is 0 Å². The lowest BCUT2D eigenvalue weighted by Crippen LogP contribution is -2.03. The van der Waals surface area contributed by atoms with Gasteiger partial charge in [-0.15, -0.1) is 10.2 Å². The second-order valence-corrected chi connectivity index (χ2v) is 3.62. The molecular weight excluding hydrogens is 174 g/mol. The van der Waals surface area contributed by atoms with Crippen molar-refractivity contribution in [3.63, 3.8) is 0 Å². The van der Waals surface area contributed by atoms with E-state index in [2.05, 4.69) is 39.0 Å². The molecule has 0 aliphatic carbocycles. The lowest BCUT2D eigenvalue weighted by molar-refractivity contribution is 0.616. The largest absolute Gasteiger partial charge is 0.310 e. The first-order valence-electron chi connectivity index (χ1n) is 4.88. The van der Waals surface area contributed by atoms with Crippen LogP contribution in [0.25, 0.3) is 0 Å². The van der Waals surface area contributed by atoms with Crippen LogP contribution in [0.3, 0.4) is 0 Å². The molecule has 70 valence electrons. The van der Waals surface area contributed by atoms with Crippen molar-refractivity contribution in [2.24, 2.45) is 0 Å². The lowest BCUT2D eigenvalue weighted by Gasteiger charge is -2.11.